The summed E-state index contributed by atoms with van der Waals surface area (Å²) in [5.41, 5.74) is 2.25. The van der Waals surface area contributed by atoms with E-state index in [2.05, 4.69) is 16.3 Å². The number of aryl methyl sites for hydroxylation is 1. The van der Waals surface area contributed by atoms with Crippen molar-refractivity contribution in [2.45, 2.75) is 13.8 Å². The van der Waals surface area contributed by atoms with Gasteiger partial charge in [-0.1, -0.05) is 6.07 Å². The quantitative estimate of drug-likeness (QED) is 0.869. The molecule has 0 fully saturated rings. The van der Waals surface area contributed by atoms with Crippen LogP contribution in [0.15, 0.2) is 24.3 Å². The van der Waals surface area contributed by atoms with Gasteiger partial charge in [-0.15, -0.1) is 5.10 Å². The number of amides is 1. The summed E-state index contributed by atoms with van der Waals surface area (Å²) < 4.78 is 5.64. The van der Waals surface area contributed by atoms with Crippen molar-refractivity contribution in [1.29, 1.82) is 5.26 Å². The number of carbonyl (C=O) groups is 1. The number of hydrogen-bond acceptors (Lipinski definition) is 5. The van der Waals surface area contributed by atoms with Gasteiger partial charge in [0.1, 0.15) is 17.4 Å². The molecule has 0 atom stereocenters. The van der Waals surface area contributed by atoms with Crippen LogP contribution in [-0.4, -0.2) is 35.1 Å². The minimum Gasteiger partial charge on any atom is -0.437 e. The van der Waals surface area contributed by atoms with Crippen LogP contribution >= 0.6 is 0 Å². The van der Waals surface area contributed by atoms with Crippen molar-refractivity contribution in [3.63, 3.8) is 0 Å². The Balaban J connectivity index is 2.37. The number of ether oxygens (including phenoxy) is 1. The van der Waals surface area contributed by atoms with E-state index in [4.69, 9.17) is 4.74 Å². The van der Waals surface area contributed by atoms with E-state index in [1.165, 1.54) is 4.90 Å². The lowest BCUT2D eigenvalue weighted by Crippen LogP contribution is -2.21. The lowest BCUT2D eigenvalue weighted by atomic mass is 10.1. The largest absolute Gasteiger partial charge is 0.437 e. The number of carbonyl (C=O) groups excluding carboxylic acids is 1. The zero-order chi connectivity index (χ0) is 16.3. The molecule has 6 heteroatoms. The highest BCUT2D eigenvalue weighted by atomic mass is 16.5. The Labute approximate surface area is 129 Å². The van der Waals surface area contributed by atoms with Crippen LogP contribution in [0.25, 0.3) is 0 Å². The van der Waals surface area contributed by atoms with Gasteiger partial charge in [0.25, 0.3) is 11.8 Å². The van der Waals surface area contributed by atoms with Crippen molar-refractivity contribution >= 4 is 5.91 Å². The van der Waals surface area contributed by atoms with Crippen molar-refractivity contribution in [2.24, 2.45) is 0 Å². The summed E-state index contributed by atoms with van der Waals surface area (Å²) in [7, 11) is 3.36. The third-order valence-electron chi connectivity index (χ3n) is 3.24. The van der Waals surface area contributed by atoms with E-state index in [0.29, 0.717) is 22.6 Å². The molecule has 0 saturated heterocycles. The first-order chi connectivity index (χ1) is 10.4. The van der Waals surface area contributed by atoms with Crippen molar-refractivity contribution in [2.75, 3.05) is 14.1 Å². The maximum atomic E-state index is 12.0. The average molecular weight is 296 g/mol. The fourth-order valence-corrected chi connectivity index (χ4v) is 1.85. The van der Waals surface area contributed by atoms with Crippen LogP contribution in [0.2, 0.25) is 0 Å². The lowest BCUT2D eigenvalue weighted by Gasteiger charge is -2.12. The Morgan fingerprint density at radius 1 is 1.27 bits per heavy atom. The van der Waals surface area contributed by atoms with Crippen LogP contribution in [-0.2, 0) is 0 Å². The SMILES string of the molecule is Cc1nnc(Oc2cccc(C(=O)N(C)C)c2)c(C#N)c1C. The average Bonchev–Trinajstić information content (AvgIpc) is 2.51. The van der Waals surface area contributed by atoms with Crippen molar-refractivity contribution in [3.05, 3.63) is 46.6 Å². The monoisotopic (exact) mass is 296 g/mol. The minimum atomic E-state index is -0.128. The highest BCUT2D eigenvalue weighted by molar-refractivity contribution is 5.94. The number of rotatable bonds is 3. The first kappa shape index (κ1) is 15.4. The molecule has 2 aromatic rings. The van der Waals surface area contributed by atoms with Crippen molar-refractivity contribution in [3.8, 4) is 17.7 Å². The molecule has 0 aliphatic carbocycles. The molecule has 1 amide bonds. The second kappa shape index (κ2) is 6.22. The van der Waals surface area contributed by atoms with E-state index in [9.17, 15) is 10.1 Å². The third kappa shape index (κ3) is 3.04. The fraction of sp³-hybridized carbons (Fsp3) is 0.250. The summed E-state index contributed by atoms with van der Waals surface area (Å²) in [6.45, 7) is 3.57. The molecule has 0 radical (unpaired) electrons. The molecular weight excluding hydrogens is 280 g/mol. The normalized spacial score (nSPS) is 9.95. The Morgan fingerprint density at radius 2 is 2.00 bits per heavy atom. The molecular formula is C16H16N4O2. The van der Waals surface area contributed by atoms with Gasteiger partial charge in [-0.05, 0) is 37.6 Å². The zero-order valence-corrected chi connectivity index (χ0v) is 12.9. The predicted octanol–water partition coefficient (Wildman–Crippen LogP) is 2.46. The summed E-state index contributed by atoms with van der Waals surface area (Å²) >= 11 is 0. The predicted molar refractivity (Wildman–Crippen MR) is 80.8 cm³/mol. The summed E-state index contributed by atoms with van der Waals surface area (Å²) in [4.78, 5) is 13.4. The van der Waals surface area contributed by atoms with Crippen LogP contribution < -0.4 is 4.74 Å². The van der Waals surface area contributed by atoms with Gasteiger partial charge in [0, 0.05) is 19.7 Å². The molecule has 6 nitrogen and oxygen atoms in total. The number of aromatic nitrogens is 2. The molecule has 1 aromatic carbocycles. The molecule has 112 valence electrons. The number of benzene rings is 1. The Hall–Kier alpha value is -2.94. The van der Waals surface area contributed by atoms with Crippen LogP contribution in [0.3, 0.4) is 0 Å². The van der Waals surface area contributed by atoms with E-state index < -0.39 is 0 Å². The van der Waals surface area contributed by atoms with Crippen LogP contribution in [0.5, 0.6) is 11.6 Å². The first-order valence-corrected chi connectivity index (χ1v) is 6.67. The van der Waals surface area contributed by atoms with Crippen molar-refractivity contribution in [1.82, 2.24) is 15.1 Å². The van der Waals surface area contributed by atoms with E-state index >= 15 is 0 Å². The third-order valence-corrected chi connectivity index (χ3v) is 3.24. The van der Waals surface area contributed by atoms with Gasteiger partial charge in [-0.3, -0.25) is 4.79 Å². The van der Waals surface area contributed by atoms with Gasteiger partial charge in [0.15, 0.2) is 0 Å². The molecule has 1 aromatic heterocycles. The maximum Gasteiger partial charge on any atom is 0.257 e. The van der Waals surface area contributed by atoms with Gasteiger partial charge < -0.3 is 9.64 Å². The summed E-state index contributed by atoms with van der Waals surface area (Å²) in [6, 6.07) is 8.80. The molecule has 0 unspecified atom stereocenters. The smallest absolute Gasteiger partial charge is 0.257 e. The second-order valence-electron chi connectivity index (χ2n) is 5.03. The Bertz CT molecular complexity index is 763. The van der Waals surface area contributed by atoms with Crippen LogP contribution in [0.1, 0.15) is 27.2 Å². The summed E-state index contributed by atoms with van der Waals surface area (Å²) in [6.07, 6.45) is 0. The molecule has 0 spiro atoms. The summed E-state index contributed by atoms with van der Waals surface area (Å²) in [5.74, 6) is 0.443. The van der Waals surface area contributed by atoms with E-state index in [1.54, 1.807) is 52.2 Å². The van der Waals surface area contributed by atoms with Crippen molar-refractivity contribution < 1.29 is 9.53 Å². The molecule has 0 bridgehead atoms. The molecule has 0 aliphatic heterocycles. The summed E-state index contributed by atoms with van der Waals surface area (Å²) in [5, 5.41) is 17.2. The lowest BCUT2D eigenvalue weighted by molar-refractivity contribution is 0.0827. The van der Waals surface area contributed by atoms with Gasteiger partial charge >= 0.3 is 0 Å². The van der Waals surface area contributed by atoms with Gasteiger partial charge in [-0.25, -0.2) is 0 Å². The molecule has 0 aliphatic rings. The fourth-order valence-electron chi connectivity index (χ4n) is 1.85. The molecule has 0 N–H and O–H groups in total. The first-order valence-electron chi connectivity index (χ1n) is 6.67. The molecule has 1 heterocycles. The van der Waals surface area contributed by atoms with E-state index in [-0.39, 0.29) is 11.8 Å². The van der Waals surface area contributed by atoms with Gasteiger partial charge in [0.05, 0.1) is 5.69 Å². The van der Waals surface area contributed by atoms with E-state index in [0.717, 1.165) is 5.56 Å². The Morgan fingerprint density at radius 3 is 2.64 bits per heavy atom. The van der Waals surface area contributed by atoms with Crippen LogP contribution in [0.4, 0.5) is 0 Å². The number of nitriles is 1. The number of nitrogens with zero attached hydrogens (tertiary/aromatic N) is 4. The molecule has 22 heavy (non-hydrogen) atoms. The standard InChI is InChI=1S/C16H16N4O2/c1-10-11(2)18-19-15(14(10)9-17)22-13-7-5-6-12(8-13)16(21)20(3)4/h5-8H,1-4H3. The zero-order valence-electron chi connectivity index (χ0n) is 12.9. The highest BCUT2D eigenvalue weighted by Crippen LogP contribution is 2.26. The molecule has 2 rings (SSSR count). The molecule has 0 saturated carbocycles. The second-order valence-corrected chi connectivity index (χ2v) is 5.03. The number of hydrogen-bond donors (Lipinski definition) is 0. The van der Waals surface area contributed by atoms with Gasteiger partial charge in [0.2, 0.25) is 0 Å². The Kier molecular flexibility index (Phi) is 4.37. The minimum absolute atomic E-state index is 0.128. The van der Waals surface area contributed by atoms with Gasteiger partial charge in [-0.2, -0.15) is 10.4 Å². The van der Waals surface area contributed by atoms with E-state index in [1.807, 2.05) is 0 Å². The highest BCUT2D eigenvalue weighted by Gasteiger charge is 2.14. The maximum absolute atomic E-state index is 12.0. The van der Waals surface area contributed by atoms with Crippen LogP contribution in [0, 0.1) is 25.2 Å². The topological polar surface area (TPSA) is 79.1 Å².